The highest BCUT2D eigenvalue weighted by molar-refractivity contribution is 7.89. The summed E-state index contributed by atoms with van der Waals surface area (Å²) in [6.07, 6.45) is 0. The molecule has 26 heavy (non-hydrogen) atoms. The summed E-state index contributed by atoms with van der Waals surface area (Å²) in [7, 11) is -0.549. The predicted octanol–water partition coefficient (Wildman–Crippen LogP) is 2.91. The molecule has 0 aliphatic heterocycles. The first-order valence-corrected chi connectivity index (χ1v) is 9.70. The van der Waals surface area contributed by atoms with Crippen molar-refractivity contribution in [3.63, 3.8) is 0 Å². The molecule has 0 fully saturated rings. The van der Waals surface area contributed by atoms with Crippen molar-refractivity contribution < 1.29 is 13.2 Å². The summed E-state index contributed by atoms with van der Waals surface area (Å²) in [5.41, 5.74) is 4.38. The molecule has 0 spiro atoms. The molecule has 0 aromatic heterocycles. The van der Waals surface area contributed by atoms with Crippen molar-refractivity contribution in [3.8, 4) is 0 Å². The molecule has 0 heterocycles. The molecular formula is C19H25N3O3S. The molecule has 0 unspecified atom stereocenters. The smallest absolute Gasteiger partial charge is 0.243 e. The van der Waals surface area contributed by atoms with E-state index in [0.717, 1.165) is 26.7 Å². The molecule has 2 N–H and O–H groups in total. The van der Waals surface area contributed by atoms with Gasteiger partial charge in [0, 0.05) is 25.5 Å². The Morgan fingerprint density at radius 2 is 1.69 bits per heavy atom. The zero-order valence-electron chi connectivity index (χ0n) is 15.8. The van der Waals surface area contributed by atoms with Crippen LogP contribution >= 0.6 is 0 Å². The van der Waals surface area contributed by atoms with Gasteiger partial charge in [-0.15, -0.1) is 0 Å². The average molecular weight is 375 g/mol. The third-order valence-corrected chi connectivity index (χ3v) is 6.12. The van der Waals surface area contributed by atoms with Crippen molar-refractivity contribution in [2.45, 2.75) is 25.7 Å². The SMILES string of the molecule is Cc1ccc(S(=O)(=O)N(C)C)cc1NCC(=O)Nc1cccc(C)c1C. The molecule has 2 aromatic rings. The van der Waals surface area contributed by atoms with Gasteiger partial charge in [-0.05, 0) is 55.7 Å². The lowest BCUT2D eigenvalue weighted by Crippen LogP contribution is -2.24. The number of carbonyl (C=O) groups is 1. The quantitative estimate of drug-likeness (QED) is 0.814. The maximum absolute atomic E-state index is 12.3. The van der Waals surface area contributed by atoms with Crippen LogP contribution in [0.25, 0.3) is 0 Å². The second-order valence-corrected chi connectivity index (χ2v) is 8.57. The van der Waals surface area contributed by atoms with Gasteiger partial charge in [0.15, 0.2) is 0 Å². The Morgan fingerprint density at radius 1 is 1.00 bits per heavy atom. The summed E-state index contributed by atoms with van der Waals surface area (Å²) < 4.78 is 25.7. The first-order chi connectivity index (χ1) is 12.1. The molecule has 0 aliphatic carbocycles. The monoisotopic (exact) mass is 375 g/mol. The van der Waals surface area contributed by atoms with Crippen molar-refractivity contribution >= 4 is 27.3 Å². The number of rotatable bonds is 6. The molecule has 0 bridgehead atoms. The van der Waals surface area contributed by atoms with Crippen LogP contribution in [0.15, 0.2) is 41.3 Å². The number of amides is 1. The Kier molecular flexibility index (Phi) is 6.05. The lowest BCUT2D eigenvalue weighted by atomic mass is 10.1. The molecule has 0 saturated heterocycles. The van der Waals surface area contributed by atoms with Gasteiger partial charge >= 0.3 is 0 Å². The number of nitrogens with one attached hydrogen (secondary N) is 2. The van der Waals surface area contributed by atoms with Crippen LogP contribution in [0.1, 0.15) is 16.7 Å². The number of nitrogens with zero attached hydrogens (tertiary/aromatic N) is 1. The van der Waals surface area contributed by atoms with Crippen LogP contribution < -0.4 is 10.6 Å². The molecule has 0 radical (unpaired) electrons. The molecule has 140 valence electrons. The van der Waals surface area contributed by atoms with E-state index in [4.69, 9.17) is 0 Å². The molecule has 7 heteroatoms. The van der Waals surface area contributed by atoms with Crippen molar-refractivity contribution in [1.29, 1.82) is 0 Å². The van der Waals surface area contributed by atoms with Gasteiger partial charge in [-0.25, -0.2) is 12.7 Å². The predicted molar refractivity (Wildman–Crippen MR) is 105 cm³/mol. The lowest BCUT2D eigenvalue weighted by Gasteiger charge is -2.15. The van der Waals surface area contributed by atoms with Crippen LogP contribution in [0.5, 0.6) is 0 Å². The Bertz CT molecular complexity index is 922. The zero-order valence-corrected chi connectivity index (χ0v) is 16.6. The first kappa shape index (κ1) is 19.9. The summed E-state index contributed by atoms with van der Waals surface area (Å²) in [6.45, 7) is 5.85. The summed E-state index contributed by atoms with van der Waals surface area (Å²) in [5, 5.41) is 5.90. The van der Waals surface area contributed by atoms with Crippen molar-refractivity contribution in [2.24, 2.45) is 0 Å². The molecule has 1 amide bonds. The van der Waals surface area contributed by atoms with Gasteiger partial charge < -0.3 is 10.6 Å². The van der Waals surface area contributed by atoms with Gasteiger partial charge in [0.25, 0.3) is 0 Å². The minimum atomic E-state index is -3.52. The fourth-order valence-electron chi connectivity index (χ4n) is 2.42. The van der Waals surface area contributed by atoms with E-state index in [9.17, 15) is 13.2 Å². The van der Waals surface area contributed by atoms with E-state index in [1.807, 2.05) is 39.0 Å². The van der Waals surface area contributed by atoms with Gasteiger partial charge in [0.2, 0.25) is 15.9 Å². The van der Waals surface area contributed by atoms with E-state index < -0.39 is 10.0 Å². The Labute approximate surface area is 155 Å². The fraction of sp³-hybridized carbons (Fsp3) is 0.316. The number of aryl methyl sites for hydroxylation is 2. The van der Waals surface area contributed by atoms with Crippen molar-refractivity contribution in [2.75, 3.05) is 31.3 Å². The van der Waals surface area contributed by atoms with E-state index in [1.54, 1.807) is 18.2 Å². The van der Waals surface area contributed by atoms with Crippen LogP contribution in [-0.2, 0) is 14.8 Å². The van der Waals surface area contributed by atoms with Crippen LogP contribution in [0.4, 0.5) is 11.4 Å². The normalized spacial score (nSPS) is 11.5. The zero-order chi connectivity index (χ0) is 19.5. The van der Waals surface area contributed by atoms with E-state index in [2.05, 4.69) is 10.6 Å². The summed E-state index contributed by atoms with van der Waals surface area (Å²) in [5.74, 6) is -0.195. The van der Waals surface area contributed by atoms with Crippen molar-refractivity contribution in [3.05, 3.63) is 53.1 Å². The van der Waals surface area contributed by atoms with Gasteiger partial charge in [-0.3, -0.25) is 4.79 Å². The van der Waals surface area contributed by atoms with E-state index >= 15 is 0 Å². The minimum absolute atomic E-state index is 0.0414. The molecular weight excluding hydrogens is 350 g/mol. The van der Waals surface area contributed by atoms with Gasteiger partial charge in [0.1, 0.15) is 0 Å². The van der Waals surface area contributed by atoms with Gasteiger partial charge in [-0.1, -0.05) is 18.2 Å². The minimum Gasteiger partial charge on any atom is -0.376 e. The van der Waals surface area contributed by atoms with Gasteiger partial charge in [-0.2, -0.15) is 0 Å². The molecule has 0 atom stereocenters. The number of sulfonamides is 1. The Hall–Kier alpha value is -2.38. The van der Waals surface area contributed by atoms with Crippen LogP contribution in [0, 0.1) is 20.8 Å². The number of benzene rings is 2. The van der Waals surface area contributed by atoms with Gasteiger partial charge in [0.05, 0.1) is 11.4 Å². The molecule has 0 saturated carbocycles. The van der Waals surface area contributed by atoms with Crippen LogP contribution in [0.3, 0.4) is 0 Å². The number of carbonyl (C=O) groups excluding carboxylic acids is 1. The third-order valence-electron chi connectivity index (χ3n) is 4.31. The standard InChI is InChI=1S/C19H25N3O3S/c1-13-7-6-8-17(15(13)3)21-19(23)12-20-18-11-16(10-9-14(18)2)26(24,25)22(4)5/h6-11,20H,12H2,1-5H3,(H,21,23). The lowest BCUT2D eigenvalue weighted by molar-refractivity contribution is -0.114. The van der Waals surface area contributed by atoms with Crippen LogP contribution in [-0.4, -0.2) is 39.3 Å². The molecule has 0 aliphatic rings. The maximum Gasteiger partial charge on any atom is 0.243 e. The number of anilines is 2. The topological polar surface area (TPSA) is 78.5 Å². The van der Waals surface area contributed by atoms with E-state index in [1.165, 1.54) is 14.1 Å². The summed E-state index contributed by atoms with van der Waals surface area (Å²) in [6, 6.07) is 10.6. The second-order valence-electron chi connectivity index (χ2n) is 6.41. The Balaban J connectivity index is 2.12. The highest BCUT2D eigenvalue weighted by atomic mass is 32.2. The third kappa shape index (κ3) is 4.42. The Morgan fingerprint density at radius 3 is 2.35 bits per heavy atom. The molecule has 2 rings (SSSR count). The molecule has 6 nitrogen and oxygen atoms in total. The van der Waals surface area contributed by atoms with Crippen LogP contribution in [0.2, 0.25) is 0 Å². The maximum atomic E-state index is 12.3. The highest BCUT2D eigenvalue weighted by Crippen LogP contribution is 2.22. The summed E-state index contributed by atoms with van der Waals surface area (Å²) in [4.78, 5) is 12.4. The second kappa shape index (κ2) is 7.88. The molecule has 2 aromatic carbocycles. The fourth-order valence-corrected chi connectivity index (χ4v) is 3.35. The highest BCUT2D eigenvalue weighted by Gasteiger charge is 2.18. The van der Waals surface area contributed by atoms with E-state index in [-0.39, 0.29) is 17.3 Å². The largest absolute Gasteiger partial charge is 0.376 e. The summed E-state index contributed by atoms with van der Waals surface area (Å²) >= 11 is 0. The average Bonchev–Trinajstić information content (AvgIpc) is 2.58. The number of hydrogen-bond donors (Lipinski definition) is 2. The van der Waals surface area contributed by atoms with Crippen molar-refractivity contribution in [1.82, 2.24) is 4.31 Å². The number of hydrogen-bond acceptors (Lipinski definition) is 4. The van der Waals surface area contributed by atoms with E-state index in [0.29, 0.717) is 5.69 Å². The first-order valence-electron chi connectivity index (χ1n) is 8.26.